The number of hydrogen-bond acceptors (Lipinski definition) is 2. The highest BCUT2D eigenvalue weighted by Gasteiger charge is 2.00. The van der Waals surface area contributed by atoms with E-state index >= 15 is 0 Å². The van der Waals surface area contributed by atoms with Gasteiger partial charge in [-0.15, -0.1) is 0 Å². The zero-order chi connectivity index (χ0) is 15.7. The van der Waals surface area contributed by atoms with Crippen molar-refractivity contribution in [1.82, 2.24) is 0 Å². The lowest BCUT2D eigenvalue weighted by Gasteiger charge is -2.02. The fraction of sp³-hybridized carbons (Fsp3) is 0.857. The van der Waals surface area contributed by atoms with Crippen molar-refractivity contribution in [3.05, 3.63) is 12.8 Å². The van der Waals surface area contributed by atoms with Crippen LogP contribution < -0.4 is 0 Å². The van der Waals surface area contributed by atoms with Gasteiger partial charge in [-0.25, -0.2) is 4.57 Å². The average molecular weight is 310 g/mol. The summed E-state index contributed by atoms with van der Waals surface area (Å²) in [5.41, 5.74) is 0. The molecule has 0 atom stereocenters. The molecule has 5 nitrogen and oxygen atoms in total. The van der Waals surface area contributed by atoms with Gasteiger partial charge in [0.05, 0.1) is 12.9 Å². The highest BCUT2D eigenvalue weighted by atomic mass is 31.2. The Morgan fingerprint density at radius 1 is 0.900 bits per heavy atom. The van der Waals surface area contributed by atoms with Gasteiger partial charge in [0, 0.05) is 0 Å². The number of unbranched alkanes of at least 4 members (excludes halogenated alkanes) is 9. The maximum absolute atomic E-state index is 8.88. The van der Waals surface area contributed by atoms with E-state index < -0.39 is 7.82 Å². The maximum Gasteiger partial charge on any atom is 0.466 e. The molecule has 0 heterocycles. The molecule has 0 radical (unpaired) electrons. The van der Waals surface area contributed by atoms with Gasteiger partial charge in [0.2, 0.25) is 0 Å². The van der Waals surface area contributed by atoms with Gasteiger partial charge in [-0.05, 0) is 6.42 Å². The molecule has 0 aliphatic heterocycles. The Bertz CT molecular complexity index is 231. The van der Waals surface area contributed by atoms with E-state index in [-0.39, 0.29) is 0 Å². The smallest absolute Gasteiger partial charge is 0.466 e. The fourth-order valence-electron chi connectivity index (χ4n) is 1.76. The molecule has 3 N–H and O–H groups in total. The van der Waals surface area contributed by atoms with Crippen molar-refractivity contribution in [1.29, 1.82) is 0 Å². The molecule has 0 saturated carbocycles. The van der Waals surface area contributed by atoms with Crippen LogP contribution in [0.4, 0.5) is 0 Å². The molecular weight excluding hydrogens is 279 g/mol. The quantitative estimate of drug-likeness (QED) is 0.286. The van der Waals surface area contributed by atoms with Crippen molar-refractivity contribution in [2.75, 3.05) is 6.61 Å². The Hall–Kier alpha value is -0.350. The Kier molecular flexibility index (Phi) is 18.3. The van der Waals surface area contributed by atoms with Crippen LogP contribution in [0.1, 0.15) is 71.1 Å². The van der Waals surface area contributed by atoms with Gasteiger partial charge in [0.15, 0.2) is 0 Å². The van der Waals surface area contributed by atoms with Crippen molar-refractivity contribution < 1.29 is 24.0 Å². The summed E-state index contributed by atoms with van der Waals surface area (Å²) in [6, 6.07) is 0. The van der Waals surface area contributed by atoms with Gasteiger partial charge in [-0.2, -0.15) is 0 Å². The third-order valence-electron chi connectivity index (χ3n) is 2.73. The number of rotatable bonds is 12. The second kappa shape index (κ2) is 16.7. The van der Waals surface area contributed by atoms with Gasteiger partial charge < -0.3 is 19.4 Å². The monoisotopic (exact) mass is 310 g/mol. The Labute approximate surface area is 123 Å². The number of phosphoric acid groups is 1. The van der Waals surface area contributed by atoms with Crippen LogP contribution in [0.3, 0.4) is 0 Å². The molecule has 0 saturated heterocycles. The van der Waals surface area contributed by atoms with E-state index in [1.54, 1.807) is 0 Å². The first kappa shape index (κ1) is 21.9. The van der Waals surface area contributed by atoms with E-state index in [1.165, 1.54) is 70.5 Å². The molecule has 20 heavy (non-hydrogen) atoms. The van der Waals surface area contributed by atoms with Gasteiger partial charge in [-0.1, -0.05) is 71.3 Å². The molecule has 0 aliphatic carbocycles. The molecule has 6 heteroatoms. The van der Waals surface area contributed by atoms with Crippen LogP contribution in [-0.2, 0) is 9.30 Å². The molecule has 0 bridgehead atoms. The van der Waals surface area contributed by atoms with Crippen molar-refractivity contribution >= 4 is 7.82 Å². The van der Waals surface area contributed by atoms with Gasteiger partial charge in [-0.3, -0.25) is 0 Å². The Morgan fingerprint density at radius 2 is 1.25 bits per heavy atom. The molecular formula is C14H31O5P. The van der Waals surface area contributed by atoms with Crippen LogP contribution in [0.5, 0.6) is 0 Å². The molecule has 0 aromatic carbocycles. The van der Waals surface area contributed by atoms with E-state index in [2.05, 4.69) is 13.5 Å². The summed E-state index contributed by atoms with van der Waals surface area (Å²) >= 11 is 0. The second-order valence-electron chi connectivity index (χ2n) is 4.73. The zero-order valence-corrected chi connectivity index (χ0v) is 13.6. The summed E-state index contributed by atoms with van der Waals surface area (Å²) in [6.07, 6.45) is 15.3. The Balaban J connectivity index is 0. The normalized spacial score (nSPS) is 10.6. The largest absolute Gasteiger partial charge is 0.502 e. The van der Waals surface area contributed by atoms with Crippen LogP contribution in [0.2, 0.25) is 0 Å². The van der Waals surface area contributed by atoms with Gasteiger partial charge >= 0.3 is 7.82 Å². The van der Waals surface area contributed by atoms with Crippen LogP contribution in [0.25, 0.3) is 0 Å². The minimum atomic E-state index is -4.64. The van der Waals surface area contributed by atoms with Crippen molar-refractivity contribution in [3.8, 4) is 0 Å². The lowest BCUT2D eigenvalue weighted by molar-refractivity contribution is 0.241. The van der Waals surface area contributed by atoms with Gasteiger partial charge in [0.1, 0.15) is 0 Å². The third kappa shape index (κ3) is 36.1. The summed E-state index contributed by atoms with van der Waals surface area (Å²) in [7, 11) is -4.64. The average Bonchev–Trinajstić information content (AvgIpc) is 2.34. The van der Waals surface area contributed by atoms with Crippen LogP contribution in [-0.4, -0.2) is 21.3 Å². The lowest BCUT2D eigenvalue weighted by Crippen LogP contribution is -1.87. The summed E-state index contributed by atoms with van der Waals surface area (Å²) in [5, 5.41) is 0. The summed E-state index contributed by atoms with van der Waals surface area (Å²) < 4.78 is 14.0. The summed E-state index contributed by atoms with van der Waals surface area (Å²) in [4.78, 5) is 21.6. The SMILES string of the molecule is C=COCCCCCCCCCCCC.O=P(O)(O)O. The first-order chi connectivity index (χ1) is 9.41. The number of ether oxygens (including phenoxy) is 1. The topological polar surface area (TPSA) is 87.0 Å². The molecule has 0 unspecified atom stereocenters. The number of hydrogen-bond donors (Lipinski definition) is 3. The first-order valence-corrected chi connectivity index (χ1v) is 8.99. The second-order valence-corrected chi connectivity index (χ2v) is 5.76. The molecule has 0 amide bonds. The van der Waals surface area contributed by atoms with E-state index in [0.717, 1.165) is 6.61 Å². The Morgan fingerprint density at radius 3 is 1.60 bits per heavy atom. The molecule has 0 rings (SSSR count). The van der Waals surface area contributed by atoms with Crippen LogP contribution >= 0.6 is 7.82 Å². The predicted molar refractivity (Wildman–Crippen MR) is 82.3 cm³/mol. The molecule has 122 valence electrons. The fourth-order valence-corrected chi connectivity index (χ4v) is 1.76. The minimum absolute atomic E-state index is 0.847. The van der Waals surface area contributed by atoms with Crippen molar-refractivity contribution in [2.45, 2.75) is 71.1 Å². The zero-order valence-electron chi connectivity index (χ0n) is 12.7. The molecule has 0 spiro atoms. The summed E-state index contributed by atoms with van der Waals surface area (Å²) in [6.45, 7) is 6.64. The minimum Gasteiger partial charge on any atom is -0.502 e. The first-order valence-electron chi connectivity index (χ1n) is 7.42. The highest BCUT2D eigenvalue weighted by molar-refractivity contribution is 7.45. The van der Waals surface area contributed by atoms with Crippen molar-refractivity contribution in [2.24, 2.45) is 0 Å². The van der Waals surface area contributed by atoms with E-state index in [1.807, 2.05) is 0 Å². The maximum atomic E-state index is 8.88. The van der Waals surface area contributed by atoms with E-state index in [4.69, 9.17) is 24.0 Å². The molecule has 0 aromatic heterocycles. The van der Waals surface area contributed by atoms with Crippen molar-refractivity contribution in [3.63, 3.8) is 0 Å². The van der Waals surface area contributed by atoms with E-state index in [0.29, 0.717) is 0 Å². The van der Waals surface area contributed by atoms with Crippen LogP contribution in [0.15, 0.2) is 12.8 Å². The molecule has 0 aliphatic rings. The lowest BCUT2D eigenvalue weighted by atomic mass is 10.1. The third-order valence-corrected chi connectivity index (χ3v) is 2.73. The van der Waals surface area contributed by atoms with E-state index in [9.17, 15) is 0 Å². The van der Waals surface area contributed by atoms with Crippen LogP contribution in [0, 0.1) is 0 Å². The molecule has 0 fully saturated rings. The molecule has 0 aromatic rings. The summed E-state index contributed by atoms with van der Waals surface area (Å²) in [5.74, 6) is 0. The standard InChI is InChI=1S/C14H28O.H3O4P/c1-3-5-6-7-8-9-10-11-12-13-14-15-4-2;1-5(2,3)4/h4H,2-3,5-14H2,1H3;(H3,1,2,3,4). The highest BCUT2D eigenvalue weighted by Crippen LogP contribution is 2.25. The van der Waals surface area contributed by atoms with Gasteiger partial charge in [0.25, 0.3) is 0 Å². The predicted octanol–water partition coefficient (Wildman–Crippen LogP) is 4.14.